The van der Waals surface area contributed by atoms with Crippen molar-refractivity contribution in [2.45, 2.75) is 58.3 Å². The number of aromatic hydroxyl groups is 1. The van der Waals surface area contributed by atoms with Crippen LogP contribution in [0.1, 0.15) is 62.1 Å². The molecule has 0 radical (unpaired) electrons. The number of aliphatic carboxylic acids is 1. The fourth-order valence-electron chi connectivity index (χ4n) is 3.27. The van der Waals surface area contributed by atoms with Crippen LogP contribution in [0, 0.1) is 0 Å². The maximum Gasteiger partial charge on any atom is 0.307 e. The average Bonchev–Trinajstić information content (AvgIpc) is 2.37. The van der Waals surface area contributed by atoms with Crippen LogP contribution in [-0.2, 0) is 17.6 Å². The second-order valence-electron chi connectivity index (χ2n) is 6.02. The number of rotatable bonds is 5. The van der Waals surface area contributed by atoms with Gasteiger partial charge in [0.1, 0.15) is 5.75 Å². The molecule has 2 N–H and O–H groups in total. The van der Waals surface area contributed by atoms with Gasteiger partial charge in [-0.15, -0.1) is 0 Å². The molecule has 0 bridgehead atoms. The number of carboxylic acid groups (broad SMARTS) is 1. The second-order valence-corrected chi connectivity index (χ2v) is 6.02. The minimum Gasteiger partial charge on any atom is -0.508 e. The van der Waals surface area contributed by atoms with E-state index >= 15 is 0 Å². The Morgan fingerprint density at radius 1 is 1.38 bits per heavy atom. The van der Waals surface area contributed by atoms with E-state index in [0.717, 1.165) is 48.8 Å². The van der Waals surface area contributed by atoms with Crippen molar-refractivity contribution in [3.63, 3.8) is 0 Å². The number of phenolic OH excluding ortho intramolecular Hbond substituents is 1. The third kappa shape index (κ3) is 3.87. The highest BCUT2D eigenvalue weighted by atomic mass is 16.4. The number of phenols is 1. The molecule has 0 amide bonds. The first kappa shape index (κ1) is 15.6. The third-order valence-electron chi connectivity index (χ3n) is 4.13. The monoisotopic (exact) mass is 288 g/mol. The third-order valence-corrected chi connectivity index (χ3v) is 4.13. The summed E-state index contributed by atoms with van der Waals surface area (Å²) in [4.78, 5) is 11.2. The van der Waals surface area contributed by atoms with Crippen LogP contribution in [0.5, 0.6) is 5.75 Å². The van der Waals surface area contributed by atoms with Crippen molar-refractivity contribution < 1.29 is 15.0 Å². The maximum absolute atomic E-state index is 11.2. The van der Waals surface area contributed by atoms with E-state index in [1.165, 1.54) is 5.57 Å². The zero-order valence-electron chi connectivity index (χ0n) is 12.9. The van der Waals surface area contributed by atoms with Gasteiger partial charge in [0.25, 0.3) is 0 Å². The van der Waals surface area contributed by atoms with Gasteiger partial charge in [-0.3, -0.25) is 4.79 Å². The molecule has 1 aliphatic rings. The fraction of sp³-hybridized carbons (Fsp3) is 0.500. The first-order valence-corrected chi connectivity index (χ1v) is 7.75. The van der Waals surface area contributed by atoms with E-state index in [2.05, 4.69) is 19.9 Å². The van der Waals surface area contributed by atoms with Crippen LogP contribution in [0.3, 0.4) is 0 Å². The van der Waals surface area contributed by atoms with E-state index in [1.54, 1.807) is 0 Å². The van der Waals surface area contributed by atoms with Gasteiger partial charge in [0.05, 0.1) is 6.42 Å². The Morgan fingerprint density at radius 3 is 2.76 bits per heavy atom. The number of aryl methyl sites for hydroxylation is 1. The van der Waals surface area contributed by atoms with Gasteiger partial charge in [0.15, 0.2) is 0 Å². The molecule has 1 aliphatic carbocycles. The summed E-state index contributed by atoms with van der Waals surface area (Å²) in [7, 11) is 0. The molecular formula is C18H24O3. The summed E-state index contributed by atoms with van der Waals surface area (Å²) in [5.74, 6) is -0.447. The summed E-state index contributed by atoms with van der Waals surface area (Å²) < 4.78 is 0. The summed E-state index contributed by atoms with van der Waals surface area (Å²) in [6.07, 6.45) is 7.17. The first-order valence-electron chi connectivity index (χ1n) is 7.75. The van der Waals surface area contributed by atoms with Gasteiger partial charge in [-0.2, -0.15) is 0 Å². The molecule has 21 heavy (non-hydrogen) atoms. The Morgan fingerprint density at radius 2 is 2.14 bits per heavy atom. The number of benzene rings is 1. The van der Waals surface area contributed by atoms with Gasteiger partial charge < -0.3 is 10.2 Å². The van der Waals surface area contributed by atoms with Crippen LogP contribution in [0.15, 0.2) is 23.8 Å². The molecule has 1 aromatic rings. The standard InChI is InChI=1S/C18H24O3/c1-3-5-13-9-15(11-17(20)21)18(16(19)10-13)14-7-4-6-12(2)8-14/h8-10,14,19H,3-7,11H2,1-2H3,(H,20,21)/t14-/m0/s1. The highest BCUT2D eigenvalue weighted by Gasteiger charge is 2.22. The Labute approximate surface area is 126 Å². The van der Waals surface area contributed by atoms with E-state index < -0.39 is 5.97 Å². The summed E-state index contributed by atoms with van der Waals surface area (Å²) in [5, 5.41) is 19.6. The molecule has 0 saturated carbocycles. The van der Waals surface area contributed by atoms with Crippen molar-refractivity contribution in [2.24, 2.45) is 0 Å². The Balaban J connectivity index is 2.46. The number of hydrogen-bond donors (Lipinski definition) is 2. The van der Waals surface area contributed by atoms with Crippen molar-refractivity contribution in [1.82, 2.24) is 0 Å². The van der Waals surface area contributed by atoms with Crippen molar-refractivity contribution in [3.8, 4) is 5.75 Å². The molecule has 0 aromatic heterocycles. The van der Waals surface area contributed by atoms with E-state index in [9.17, 15) is 9.90 Å². The largest absolute Gasteiger partial charge is 0.508 e. The molecule has 3 heteroatoms. The second kappa shape index (κ2) is 6.79. The van der Waals surface area contributed by atoms with Crippen molar-refractivity contribution in [3.05, 3.63) is 40.5 Å². The number of hydrogen-bond acceptors (Lipinski definition) is 2. The molecular weight excluding hydrogens is 264 g/mol. The van der Waals surface area contributed by atoms with Gasteiger partial charge in [0, 0.05) is 11.5 Å². The molecule has 3 nitrogen and oxygen atoms in total. The smallest absolute Gasteiger partial charge is 0.307 e. The molecule has 0 saturated heterocycles. The molecule has 1 atom stereocenters. The van der Waals surface area contributed by atoms with Gasteiger partial charge in [-0.1, -0.05) is 31.1 Å². The average molecular weight is 288 g/mol. The molecule has 2 rings (SSSR count). The van der Waals surface area contributed by atoms with E-state index in [-0.39, 0.29) is 18.1 Å². The minimum atomic E-state index is -0.846. The zero-order valence-corrected chi connectivity index (χ0v) is 12.9. The molecule has 0 spiro atoms. The lowest BCUT2D eigenvalue weighted by atomic mass is 9.82. The molecule has 0 aliphatic heterocycles. The van der Waals surface area contributed by atoms with Crippen LogP contribution in [0.25, 0.3) is 0 Å². The van der Waals surface area contributed by atoms with Gasteiger partial charge in [-0.05, 0) is 49.8 Å². The number of carboxylic acids is 1. The maximum atomic E-state index is 11.2. The molecule has 0 fully saturated rings. The highest BCUT2D eigenvalue weighted by Crippen LogP contribution is 2.38. The number of allylic oxidation sites excluding steroid dienone is 2. The minimum absolute atomic E-state index is 0.0240. The Kier molecular flexibility index (Phi) is 5.05. The van der Waals surface area contributed by atoms with Gasteiger partial charge in [-0.25, -0.2) is 0 Å². The topological polar surface area (TPSA) is 57.5 Å². The zero-order chi connectivity index (χ0) is 15.4. The van der Waals surface area contributed by atoms with Gasteiger partial charge >= 0.3 is 5.97 Å². The van der Waals surface area contributed by atoms with Crippen LogP contribution < -0.4 is 0 Å². The highest BCUT2D eigenvalue weighted by molar-refractivity contribution is 5.71. The SMILES string of the molecule is CCCc1cc(O)c([C@@H]2C=C(C)CCC2)c(CC(=O)O)c1. The Bertz CT molecular complexity index is 558. The molecule has 0 heterocycles. The lowest BCUT2D eigenvalue weighted by molar-refractivity contribution is -0.136. The van der Waals surface area contributed by atoms with Crippen molar-refractivity contribution >= 4 is 5.97 Å². The van der Waals surface area contributed by atoms with Crippen molar-refractivity contribution in [2.75, 3.05) is 0 Å². The lowest BCUT2D eigenvalue weighted by Crippen LogP contribution is -2.10. The summed E-state index contributed by atoms with van der Waals surface area (Å²) in [5.41, 5.74) is 3.93. The summed E-state index contributed by atoms with van der Waals surface area (Å²) in [6.45, 7) is 4.18. The van der Waals surface area contributed by atoms with E-state index in [0.29, 0.717) is 0 Å². The van der Waals surface area contributed by atoms with Crippen LogP contribution in [0.4, 0.5) is 0 Å². The van der Waals surface area contributed by atoms with Crippen LogP contribution in [0.2, 0.25) is 0 Å². The predicted molar refractivity (Wildman–Crippen MR) is 83.8 cm³/mol. The molecule has 0 unspecified atom stereocenters. The lowest BCUT2D eigenvalue weighted by Gasteiger charge is -2.23. The fourth-order valence-corrected chi connectivity index (χ4v) is 3.27. The van der Waals surface area contributed by atoms with Crippen LogP contribution >= 0.6 is 0 Å². The summed E-state index contributed by atoms with van der Waals surface area (Å²) >= 11 is 0. The predicted octanol–water partition coefficient (Wildman–Crippen LogP) is 4.19. The molecule has 1 aromatic carbocycles. The first-order chi connectivity index (χ1) is 10.0. The Hall–Kier alpha value is -1.77. The van der Waals surface area contributed by atoms with Gasteiger partial charge in [0.2, 0.25) is 0 Å². The van der Waals surface area contributed by atoms with Crippen LogP contribution in [-0.4, -0.2) is 16.2 Å². The number of carbonyl (C=O) groups is 1. The molecule has 114 valence electrons. The van der Waals surface area contributed by atoms with E-state index in [1.807, 2.05) is 12.1 Å². The quantitative estimate of drug-likeness (QED) is 0.799. The summed E-state index contributed by atoms with van der Waals surface area (Å²) in [6, 6.07) is 3.77. The van der Waals surface area contributed by atoms with Crippen molar-refractivity contribution in [1.29, 1.82) is 0 Å². The van der Waals surface area contributed by atoms with E-state index in [4.69, 9.17) is 5.11 Å². The normalized spacial score (nSPS) is 18.4.